The van der Waals surface area contributed by atoms with Gasteiger partial charge in [0.2, 0.25) is 5.91 Å². The van der Waals surface area contributed by atoms with E-state index in [-0.39, 0.29) is 5.69 Å². The third-order valence-corrected chi connectivity index (χ3v) is 5.98. The van der Waals surface area contributed by atoms with Crippen molar-refractivity contribution in [3.63, 3.8) is 0 Å². The Morgan fingerprint density at radius 2 is 1.97 bits per heavy atom. The molecule has 35 heavy (non-hydrogen) atoms. The molecule has 11 heteroatoms. The largest absolute Gasteiger partial charge is 0.495 e. The molecular formula is C24H21F3N6O2. The maximum absolute atomic E-state index is 13.1. The number of hydrogen-bond acceptors (Lipinski definition) is 5. The number of halogens is 3. The van der Waals surface area contributed by atoms with Crippen molar-refractivity contribution in [3.05, 3.63) is 71.9 Å². The van der Waals surface area contributed by atoms with Gasteiger partial charge in [0.1, 0.15) is 17.5 Å². The van der Waals surface area contributed by atoms with E-state index in [1.807, 2.05) is 35.9 Å². The summed E-state index contributed by atoms with van der Waals surface area (Å²) in [5, 5.41) is 11.0. The van der Waals surface area contributed by atoms with Gasteiger partial charge in [0.25, 0.3) is 0 Å². The van der Waals surface area contributed by atoms with Crippen molar-refractivity contribution in [3.8, 4) is 22.7 Å². The van der Waals surface area contributed by atoms with E-state index in [0.717, 1.165) is 29.1 Å². The van der Waals surface area contributed by atoms with Crippen LogP contribution in [0.3, 0.4) is 0 Å². The van der Waals surface area contributed by atoms with Crippen LogP contribution in [0.25, 0.3) is 16.9 Å². The number of aryl methyl sites for hydroxylation is 2. The summed E-state index contributed by atoms with van der Waals surface area (Å²) in [5.74, 6) is 0.167. The number of hydrogen-bond donors (Lipinski definition) is 1. The number of amides is 1. The van der Waals surface area contributed by atoms with Crippen LogP contribution in [-0.4, -0.2) is 37.6 Å². The van der Waals surface area contributed by atoms with Crippen molar-refractivity contribution in [1.82, 2.24) is 24.5 Å². The van der Waals surface area contributed by atoms with E-state index < -0.39 is 23.7 Å². The average Bonchev–Trinajstić information content (AvgIpc) is 3.45. The second-order valence-corrected chi connectivity index (χ2v) is 8.31. The van der Waals surface area contributed by atoms with Crippen molar-refractivity contribution in [1.29, 1.82) is 0 Å². The van der Waals surface area contributed by atoms with E-state index in [4.69, 9.17) is 4.74 Å². The molecule has 1 amide bonds. The highest BCUT2D eigenvalue weighted by Gasteiger charge is 2.33. The Bertz CT molecular complexity index is 1410. The normalized spacial score (nSPS) is 15.9. The molecule has 0 radical (unpaired) electrons. The molecule has 4 aromatic rings. The summed E-state index contributed by atoms with van der Waals surface area (Å²) in [7, 11) is 1.57. The molecule has 0 spiro atoms. The monoisotopic (exact) mass is 482 g/mol. The molecule has 1 atom stereocenters. The molecule has 1 aliphatic rings. The summed E-state index contributed by atoms with van der Waals surface area (Å²) >= 11 is 0. The number of fused-ring (bicyclic) bond motifs is 1. The Hall–Kier alpha value is -4.15. The molecule has 180 valence electrons. The molecule has 0 aliphatic carbocycles. The molecule has 0 saturated heterocycles. The fourth-order valence-electron chi connectivity index (χ4n) is 4.14. The Balaban J connectivity index is 1.40. The number of nitrogens with one attached hydrogen (secondary N) is 1. The standard InChI is InChI=1S/C24H21F3N6O2/c1-14-11-32(13-28-14)20-7-5-16(9-22(20)35-2)19-12-33(31-30-19)21-8-4-15-3-6-17(24(25,26)27)10-18(15)29-23(21)34/h3,5-7,9-13,21H,4,8H2,1-2H3,(H,29,34). The molecule has 8 nitrogen and oxygen atoms in total. The third kappa shape index (κ3) is 4.36. The van der Waals surface area contributed by atoms with Gasteiger partial charge in [-0.3, -0.25) is 4.79 Å². The number of methoxy groups -OCH3 is 1. The summed E-state index contributed by atoms with van der Waals surface area (Å²) in [6.07, 6.45) is 1.53. The van der Waals surface area contributed by atoms with Crippen molar-refractivity contribution in [2.75, 3.05) is 12.4 Å². The van der Waals surface area contributed by atoms with Crippen molar-refractivity contribution in [2.24, 2.45) is 0 Å². The average molecular weight is 482 g/mol. The molecule has 2 aromatic heterocycles. The Kier molecular flexibility index (Phi) is 5.54. The lowest BCUT2D eigenvalue weighted by Crippen LogP contribution is -2.25. The van der Waals surface area contributed by atoms with E-state index in [2.05, 4.69) is 20.6 Å². The number of carbonyl (C=O) groups excluding carboxylic acids is 1. The number of rotatable bonds is 4. The van der Waals surface area contributed by atoms with Crippen LogP contribution >= 0.6 is 0 Å². The second kappa shape index (κ2) is 8.57. The van der Waals surface area contributed by atoms with Crippen molar-refractivity contribution >= 4 is 11.6 Å². The van der Waals surface area contributed by atoms with E-state index in [1.165, 1.54) is 10.7 Å². The van der Waals surface area contributed by atoms with E-state index in [1.54, 1.807) is 19.6 Å². The zero-order chi connectivity index (χ0) is 24.7. The van der Waals surface area contributed by atoms with Gasteiger partial charge in [-0.2, -0.15) is 13.2 Å². The van der Waals surface area contributed by atoms with Crippen LogP contribution in [0.5, 0.6) is 5.75 Å². The summed E-state index contributed by atoms with van der Waals surface area (Å²) in [5.41, 5.74) is 2.96. The highest BCUT2D eigenvalue weighted by molar-refractivity contribution is 5.95. The van der Waals surface area contributed by atoms with Gasteiger partial charge in [-0.05, 0) is 49.6 Å². The highest BCUT2D eigenvalue weighted by atomic mass is 19.4. The summed E-state index contributed by atoms with van der Waals surface area (Å²) in [4.78, 5) is 17.1. The molecule has 1 unspecified atom stereocenters. The first-order valence-electron chi connectivity index (χ1n) is 10.8. The predicted molar refractivity (Wildman–Crippen MR) is 121 cm³/mol. The van der Waals surface area contributed by atoms with E-state index in [9.17, 15) is 18.0 Å². The van der Waals surface area contributed by atoms with Gasteiger partial charge in [0, 0.05) is 17.4 Å². The first-order chi connectivity index (χ1) is 16.7. The number of nitrogens with zero attached hydrogens (tertiary/aromatic N) is 5. The van der Waals surface area contributed by atoms with Crippen LogP contribution in [0.2, 0.25) is 0 Å². The van der Waals surface area contributed by atoms with Crippen LogP contribution in [0.4, 0.5) is 18.9 Å². The fourth-order valence-corrected chi connectivity index (χ4v) is 4.14. The van der Waals surface area contributed by atoms with Gasteiger partial charge in [-0.25, -0.2) is 9.67 Å². The molecule has 0 saturated carbocycles. The minimum absolute atomic E-state index is 0.169. The Morgan fingerprint density at radius 1 is 1.14 bits per heavy atom. The smallest absolute Gasteiger partial charge is 0.416 e. The number of ether oxygens (including phenoxy) is 1. The van der Waals surface area contributed by atoms with Crippen LogP contribution < -0.4 is 10.1 Å². The Morgan fingerprint density at radius 3 is 2.69 bits per heavy atom. The fraction of sp³-hybridized carbons (Fsp3) is 0.250. The zero-order valence-corrected chi connectivity index (χ0v) is 18.9. The SMILES string of the molecule is COc1cc(-c2cn(C3CCc4ccc(C(F)(F)F)cc4NC3=O)nn2)ccc1-n1cnc(C)c1. The maximum atomic E-state index is 13.1. The van der Waals surface area contributed by atoms with Gasteiger partial charge in [0.05, 0.1) is 36.6 Å². The van der Waals surface area contributed by atoms with E-state index in [0.29, 0.717) is 29.8 Å². The topological polar surface area (TPSA) is 86.9 Å². The molecule has 0 fully saturated rings. The summed E-state index contributed by atoms with van der Waals surface area (Å²) in [6, 6.07) is 8.25. The molecular weight excluding hydrogens is 461 g/mol. The number of benzene rings is 2. The van der Waals surface area contributed by atoms with Crippen molar-refractivity contribution in [2.45, 2.75) is 32.0 Å². The minimum atomic E-state index is -4.49. The number of imidazole rings is 1. The molecule has 1 aliphatic heterocycles. The molecule has 2 aromatic carbocycles. The second-order valence-electron chi connectivity index (χ2n) is 8.31. The van der Waals surface area contributed by atoms with Crippen LogP contribution in [-0.2, 0) is 17.4 Å². The lowest BCUT2D eigenvalue weighted by atomic mass is 10.0. The quantitative estimate of drug-likeness (QED) is 0.460. The van der Waals surface area contributed by atoms with Crippen LogP contribution in [0.15, 0.2) is 55.1 Å². The highest BCUT2D eigenvalue weighted by Crippen LogP contribution is 2.35. The first kappa shape index (κ1) is 22.6. The maximum Gasteiger partial charge on any atom is 0.416 e. The van der Waals surface area contributed by atoms with Crippen LogP contribution in [0, 0.1) is 6.92 Å². The van der Waals surface area contributed by atoms with Gasteiger partial charge < -0.3 is 14.6 Å². The van der Waals surface area contributed by atoms with Gasteiger partial charge in [0.15, 0.2) is 0 Å². The number of alkyl halides is 3. The number of anilines is 1. The zero-order valence-electron chi connectivity index (χ0n) is 18.9. The van der Waals surface area contributed by atoms with Gasteiger partial charge >= 0.3 is 6.18 Å². The van der Waals surface area contributed by atoms with E-state index >= 15 is 0 Å². The molecule has 1 N–H and O–H groups in total. The molecule has 0 bridgehead atoms. The first-order valence-corrected chi connectivity index (χ1v) is 10.8. The summed E-state index contributed by atoms with van der Waals surface area (Å²) < 4.78 is 48.1. The summed E-state index contributed by atoms with van der Waals surface area (Å²) in [6.45, 7) is 1.90. The number of aromatic nitrogens is 5. The predicted octanol–water partition coefficient (Wildman–Crippen LogP) is 4.59. The van der Waals surface area contributed by atoms with Gasteiger partial charge in [-0.15, -0.1) is 5.10 Å². The third-order valence-electron chi connectivity index (χ3n) is 5.98. The lowest BCUT2D eigenvalue weighted by Gasteiger charge is -2.13. The van der Waals surface area contributed by atoms with Gasteiger partial charge in [-0.1, -0.05) is 17.3 Å². The minimum Gasteiger partial charge on any atom is -0.495 e. The van der Waals surface area contributed by atoms with Crippen LogP contribution in [0.1, 0.15) is 29.3 Å². The van der Waals surface area contributed by atoms with Crippen molar-refractivity contribution < 1.29 is 22.7 Å². The molecule has 3 heterocycles. The lowest BCUT2D eigenvalue weighted by molar-refractivity contribution is -0.137. The molecule has 5 rings (SSSR count). The Labute approximate surface area is 198 Å². The number of carbonyl (C=O) groups is 1.